The lowest BCUT2D eigenvalue weighted by atomic mass is 9.71. The lowest BCUT2D eigenvalue weighted by molar-refractivity contribution is -0.141. The molecule has 0 aromatic heterocycles. The Bertz CT molecular complexity index is 199. The SMILES string of the molecule is C1CCC2CCCCC2C1.CC.CCCCOC(C)=O. The van der Waals surface area contributed by atoms with Gasteiger partial charge in [0.2, 0.25) is 0 Å². The van der Waals surface area contributed by atoms with E-state index in [4.69, 9.17) is 0 Å². The van der Waals surface area contributed by atoms with E-state index < -0.39 is 0 Å². The zero-order chi connectivity index (χ0) is 15.2. The van der Waals surface area contributed by atoms with Crippen molar-refractivity contribution >= 4 is 5.97 Å². The first-order chi connectivity index (χ1) is 9.74. The van der Waals surface area contributed by atoms with E-state index in [1.165, 1.54) is 32.6 Å². The Morgan fingerprint density at radius 1 is 0.950 bits per heavy atom. The van der Waals surface area contributed by atoms with Crippen LogP contribution >= 0.6 is 0 Å². The van der Waals surface area contributed by atoms with Crippen molar-refractivity contribution in [2.24, 2.45) is 11.8 Å². The van der Waals surface area contributed by atoms with Crippen LogP contribution in [0, 0.1) is 11.8 Å². The second-order valence-electron chi connectivity index (χ2n) is 5.78. The summed E-state index contributed by atoms with van der Waals surface area (Å²) >= 11 is 0. The van der Waals surface area contributed by atoms with E-state index in [2.05, 4.69) is 11.7 Å². The average molecular weight is 284 g/mol. The fourth-order valence-corrected chi connectivity index (χ4v) is 3.22. The van der Waals surface area contributed by atoms with Gasteiger partial charge < -0.3 is 4.74 Å². The molecular formula is C18H36O2. The molecule has 2 nitrogen and oxygen atoms in total. The summed E-state index contributed by atoms with van der Waals surface area (Å²) in [6.45, 7) is 8.06. The molecule has 0 bridgehead atoms. The maximum Gasteiger partial charge on any atom is 0.302 e. The molecule has 0 atom stereocenters. The highest BCUT2D eigenvalue weighted by Crippen LogP contribution is 2.39. The third-order valence-electron chi connectivity index (χ3n) is 4.27. The molecular weight excluding hydrogens is 248 g/mol. The molecule has 2 rings (SSSR count). The normalized spacial score (nSPS) is 24.2. The van der Waals surface area contributed by atoms with Crippen molar-refractivity contribution in [1.29, 1.82) is 0 Å². The quantitative estimate of drug-likeness (QED) is 0.487. The summed E-state index contributed by atoms with van der Waals surface area (Å²) in [5.41, 5.74) is 0. The maximum absolute atomic E-state index is 10.1. The van der Waals surface area contributed by atoms with Crippen molar-refractivity contribution < 1.29 is 9.53 Å². The zero-order valence-corrected chi connectivity index (χ0v) is 14.2. The molecule has 120 valence electrons. The van der Waals surface area contributed by atoms with E-state index in [0.717, 1.165) is 24.7 Å². The summed E-state index contributed by atoms with van der Waals surface area (Å²) < 4.78 is 4.64. The minimum absolute atomic E-state index is 0.182. The summed E-state index contributed by atoms with van der Waals surface area (Å²) in [6, 6.07) is 0. The van der Waals surface area contributed by atoms with Gasteiger partial charge in [-0.05, 0) is 18.3 Å². The topological polar surface area (TPSA) is 26.3 Å². The van der Waals surface area contributed by atoms with Gasteiger partial charge >= 0.3 is 5.97 Å². The molecule has 0 N–H and O–H groups in total. The number of esters is 1. The van der Waals surface area contributed by atoms with Crippen molar-refractivity contribution in [3.8, 4) is 0 Å². The van der Waals surface area contributed by atoms with Gasteiger partial charge in [0.15, 0.2) is 0 Å². The minimum Gasteiger partial charge on any atom is -0.466 e. The van der Waals surface area contributed by atoms with Gasteiger partial charge in [0.25, 0.3) is 0 Å². The first-order valence-corrected chi connectivity index (χ1v) is 8.87. The molecule has 0 spiro atoms. The van der Waals surface area contributed by atoms with E-state index in [1.54, 1.807) is 25.7 Å². The largest absolute Gasteiger partial charge is 0.466 e. The molecule has 2 aliphatic rings. The van der Waals surface area contributed by atoms with Crippen molar-refractivity contribution in [2.75, 3.05) is 6.61 Å². The third kappa shape index (κ3) is 9.39. The van der Waals surface area contributed by atoms with Crippen LogP contribution in [0.2, 0.25) is 0 Å². The number of carbonyl (C=O) groups is 1. The lowest BCUT2D eigenvalue weighted by Gasteiger charge is -2.35. The highest BCUT2D eigenvalue weighted by molar-refractivity contribution is 5.65. The van der Waals surface area contributed by atoms with Crippen LogP contribution in [-0.2, 0) is 9.53 Å². The summed E-state index contributed by atoms with van der Waals surface area (Å²) in [6.07, 6.45) is 14.4. The molecule has 20 heavy (non-hydrogen) atoms. The van der Waals surface area contributed by atoms with Crippen molar-refractivity contribution in [3.63, 3.8) is 0 Å². The zero-order valence-electron chi connectivity index (χ0n) is 14.2. The fraction of sp³-hybridized carbons (Fsp3) is 0.944. The molecule has 2 aliphatic carbocycles. The standard InChI is InChI=1S/C10H18.C6H12O2.C2H6/c1-2-6-10-8-4-3-7-9(10)5-1;1-3-4-5-8-6(2)7;1-2/h9-10H,1-8H2;3-5H2,1-2H3;1-2H3. The van der Waals surface area contributed by atoms with E-state index >= 15 is 0 Å². The van der Waals surface area contributed by atoms with Gasteiger partial charge in [-0.3, -0.25) is 4.79 Å². The highest BCUT2D eigenvalue weighted by Gasteiger charge is 2.26. The van der Waals surface area contributed by atoms with Crippen LogP contribution in [0.15, 0.2) is 0 Å². The van der Waals surface area contributed by atoms with Gasteiger partial charge in [0, 0.05) is 6.92 Å². The molecule has 2 fully saturated rings. The van der Waals surface area contributed by atoms with Gasteiger partial charge in [0.05, 0.1) is 6.61 Å². The second-order valence-corrected chi connectivity index (χ2v) is 5.78. The first kappa shape index (κ1) is 19.5. The lowest BCUT2D eigenvalue weighted by Crippen LogP contribution is -2.22. The molecule has 0 unspecified atom stereocenters. The number of carbonyl (C=O) groups excluding carboxylic acids is 1. The Morgan fingerprint density at radius 3 is 1.65 bits per heavy atom. The Balaban J connectivity index is 0.000000330. The molecule has 0 aromatic rings. The first-order valence-electron chi connectivity index (χ1n) is 8.87. The number of rotatable bonds is 3. The Kier molecular flexibility index (Phi) is 13.1. The Hall–Kier alpha value is -0.530. The number of unbranched alkanes of at least 4 members (excludes halogenated alkanes) is 1. The maximum atomic E-state index is 10.1. The molecule has 0 radical (unpaired) electrons. The number of ether oxygens (including phenoxy) is 1. The van der Waals surface area contributed by atoms with E-state index in [1.807, 2.05) is 13.8 Å². The minimum atomic E-state index is -0.182. The van der Waals surface area contributed by atoms with Crippen molar-refractivity contribution in [3.05, 3.63) is 0 Å². The predicted octanol–water partition coefficient (Wildman–Crippen LogP) is 5.74. The Labute approximate surface area is 126 Å². The van der Waals surface area contributed by atoms with Crippen LogP contribution in [0.1, 0.15) is 91.9 Å². The van der Waals surface area contributed by atoms with Gasteiger partial charge in [0.1, 0.15) is 0 Å². The number of hydrogen-bond acceptors (Lipinski definition) is 2. The average Bonchev–Trinajstić information content (AvgIpc) is 2.50. The molecule has 0 aromatic carbocycles. The van der Waals surface area contributed by atoms with Crippen molar-refractivity contribution in [1.82, 2.24) is 0 Å². The molecule has 0 amide bonds. The van der Waals surface area contributed by atoms with Crippen LogP contribution in [0.25, 0.3) is 0 Å². The third-order valence-corrected chi connectivity index (χ3v) is 4.27. The summed E-state index contributed by atoms with van der Waals surface area (Å²) in [4.78, 5) is 10.1. The monoisotopic (exact) mass is 284 g/mol. The molecule has 0 heterocycles. The Morgan fingerprint density at radius 2 is 1.35 bits per heavy atom. The second kappa shape index (κ2) is 13.5. The van der Waals surface area contributed by atoms with Crippen molar-refractivity contribution in [2.45, 2.75) is 91.9 Å². The fourth-order valence-electron chi connectivity index (χ4n) is 3.22. The van der Waals surface area contributed by atoms with Crippen LogP contribution in [0.3, 0.4) is 0 Å². The molecule has 0 saturated heterocycles. The molecule has 2 heteroatoms. The van der Waals surface area contributed by atoms with E-state index in [9.17, 15) is 4.79 Å². The van der Waals surface area contributed by atoms with Crippen LogP contribution < -0.4 is 0 Å². The van der Waals surface area contributed by atoms with Crippen LogP contribution in [0.5, 0.6) is 0 Å². The summed E-state index contributed by atoms with van der Waals surface area (Å²) in [5, 5.41) is 0. The summed E-state index contributed by atoms with van der Waals surface area (Å²) in [7, 11) is 0. The van der Waals surface area contributed by atoms with Gasteiger partial charge in [-0.15, -0.1) is 0 Å². The van der Waals surface area contributed by atoms with E-state index in [-0.39, 0.29) is 5.97 Å². The highest BCUT2D eigenvalue weighted by atomic mass is 16.5. The number of fused-ring (bicyclic) bond motifs is 1. The van der Waals surface area contributed by atoms with Crippen LogP contribution in [-0.4, -0.2) is 12.6 Å². The van der Waals surface area contributed by atoms with Crippen LogP contribution in [0.4, 0.5) is 0 Å². The van der Waals surface area contributed by atoms with Gasteiger partial charge in [-0.2, -0.15) is 0 Å². The smallest absolute Gasteiger partial charge is 0.302 e. The predicted molar refractivity (Wildman–Crippen MR) is 86.8 cm³/mol. The molecule has 2 saturated carbocycles. The van der Waals surface area contributed by atoms with Gasteiger partial charge in [-0.25, -0.2) is 0 Å². The number of hydrogen-bond donors (Lipinski definition) is 0. The van der Waals surface area contributed by atoms with Gasteiger partial charge in [-0.1, -0.05) is 78.6 Å². The summed E-state index contributed by atoms with van der Waals surface area (Å²) in [5.74, 6) is 2.13. The van der Waals surface area contributed by atoms with E-state index in [0.29, 0.717) is 6.61 Å². The molecule has 0 aliphatic heterocycles.